The highest BCUT2D eigenvalue weighted by atomic mass is 19.1. The molecule has 0 saturated carbocycles. The molecule has 0 unspecified atom stereocenters. The molecule has 2 aliphatic rings. The van der Waals surface area contributed by atoms with Crippen LogP contribution in [0.5, 0.6) is 11.5 Å². The van der Waals surface area contributed by atoms with Crippen LogP contribution in [0.1, 0.15) is 24.1 Å². The molecule has 184 valence electrons. The summed E-state index contributed by atoms with van der Waals surface area (Å²) < 4.78 is 25.2. The summed E-state index contributed by atoms with van der Waals surface area (Å²) in [5.74, 6) is 0.801. The highest BCUT2D eigenvalue weighted by Gasteiger charge is 2.28. The SMILES string of the molecule is O=C(O)N(Cc1cc2c(cn1)OCCO2)C1CCN(CCc2cc3c(F)cccc3[nH]c2=O)CC1. The van der Waals surface area contributed by atoms with Crippen LogP contribution < -0.4 is 15.0 Å². The minimum atomic E-state index is -0.982. The van der Waals surface area contributed by atoms with Crippen LogP contribution in [0.3, 0.4) is 0 Å². The van der Waals surface area contributed by atoms with E-state index in [0.717, 1.165) is 0 Å². The van der Waals surface area contributed by atoms with Gasteiger partial charge in [0, 0.05) is 42.7 Å². The number of halogens is 1. The molecule has 2 aromatic heterocycles. The number of rotatable bonds is 6. The van der Waals surface area contributed by atoms with Gasteiger partial charge in [0.25, 0.3) is 5.56 Å². The Bertz CT molecular complexity index is 1290. The smallest absolute Gasteiger partial charge is 0.407 e. The second-order valence-electron chi connectivity index (χ2n) is 8.88. The first-order valence-corrected chi connectivity index (χ1v) is 11.7. The van der Waals surface area contributed by atoms with Crippen molar-refractivity contribution in [1.29, 1.82) is 0 Å². The average molecular weight is 483 g/mol. The summed E-state index contributed by atoms with van der Waals surface area (Å²) in [4.78, 5) is 35.2. The topological polar surface area (TPSA) is 108 Å². The number of aromatic amines is 1. The Morgan fingerprint density at radius 3 is 2.74 bits per heavy atom. The molecule has 0 atom stereocenters. The Morgan fingerprint density at radius 2 is 1.97 bits per heavy atom. The van der Waals surface area contributed by atoms with Crippen molar-refractivity contribution in [2.45, 2.75) is 31.8 Å². The molecule has 0 radical (unpaired) electrons. The summed E-state index contributed by atoms with van der Waals surface area (Å²) in [6, 6.07) is 7.87. The molecule has 0 bridgehead atoms. The number of ether oxygens (including phenoxy) is 2. The maximum atomic E-state index is 14.1. The van der Waals surface area contributed by atoms with E-state index >= 15 is 0 Å². The van der Waals surface area contributed by atoms with Crippen molar-refractivity contribution in [3.05, 3.63) is 64.0 Å². The summed E-state index contributed by atoms with van der Waals surface area (Å²) in [7, 11) is 0. The third-order valence-corrected chi connectivity index (χ3v) is 6.67. The van der Waals surface area contributed by atoms with Crippen molar-refractivity contribution in [1.82, 2.24) is 19.8 Å². The Hall–Kier alpha value is -3.66. The fourth-order valence-electron chi connectivity index (χ4n) is 4.76. The lowest BCUT2D eigenvalue weighted by Gasteiger charge is -2.37. The predicted molar refractivity (Wildman–Crippen MR) is 126 cm³/mol. The lowest BCUT2D eigenvalue weighted by atomic mass is 10.0. The molecule has 35 heavy (non-hydrogen) atoms. The van der Waals surface area contributed by atoms with Crippen LogP contribution in [-0.2, 0) is 13.0 Å². The summed E-state index contributed by atoms with van der Waals surface area (Å²) >= 11 is 0. The summed E-state index contributed by atoms with van der Waals surface area (Å²) in [6.45, 7) is 3.17. The molecule has 5 rings (SSSR count). The molecular formula is C25H27FN4O5. The second-order valence-corrected chi connectivity index (χ2v) is 8.88. The lowest BCUT2D eigenvalue weighted by Crippen LogP contribution is -2.47. The van der Waals surface area contributed by atoms with E-state index in [2.05, 4.69) is 14.9 Å². The standard InChI is InChI=1S/C25H27FN4O5/c26-20-2-1-3-21-19(20)12-16(24(31)28-21)4-7-29-8-5-18(6-9-29)30(25(32)33)15-17-13-22-23(14-27-17)35-11-10-34-22/h1-3,12-14,18H,4-11,15H2,(H,28,31)(H,32,33). The Kier molecular flexibility index (Phi) is 6.54. The van der Waals surface area contributed by atoms with Gasteiger partial charge in [0.1, 0.15) is 19.0 Å². The molecule has 0 aliphatic carbocycles. The third kappa shape index (κ3) is 5.07. The number of carboxylic acid groups (broad SMARTS) is 1. The van der Waals surface area contributed by atoms with Gasteiger partial charge in [-0.3, -0.25) is 14.7 Å². The monoisotopic (exact) mass is 482 g/mol. The van der Waals surface area contributed by atoms with E-state index in [-0.39, 0.29) is 24.0 Å². The van der Waals surface area contributed by atoms with Gasteiger partial charge in [-0.25, -0.2) is 9.18 Å². The normalized spacial score (nSPS) is 16.4. The van der Waals surface area contributed by atoms with E-state index < -0.39 is 6.09 Å². The van der Waals surface area contributed by atoms with Crippen LogP contribution >= 0.6 is 0 Å². The zero-order chi connectivity index (χ0) is 24.4. The number of piperidine rings is 1. The van der Waals surface area contributed by atoms with Crippen molar-refractivity contribution >= 4 is 17.0 Å². The zero-order valence-corrected chi connectivity index (χ0v) is 19.2. The maximum Gasteiger partial charge on any atom is 0.407 e. The number of amides is 1. The number of pyridine rings is 2. The van der Waals surface area contributed by atoms with Crippen LogP contribution in [-0.4, -0.2) is 69.9 Å². The first-order valence-electron chi connectivity index (χ1n) is 11.7. The van der Waals surface area contributed by atoms with Gasteiger partial charge in [-0.2, -0.15) is 0 Å². The van der Waals surface area contributed by atoms with Crippen LogP contribution in [0.2, 0.25) is 0 Å². The Labute approximate surface area is 201 Å². The highest BCUT2D eigenvalue weighted by Crippen LogP contribution is 2.30. The minimum Gasteiger partial charge on any atom is -0.486 e. The predicted octanol–water partition coefficient (Wildman–Crippen LogP) is 3.02. The van der Waals surface area contributed by atoms with Gasteiger partial charge in [-0.1, -0.05) is 6.07 Å². The number of carbonyl (C=O) groups is 1. The first kappa shape index (κ1) is 23.1. The van der Waals surface area contributed by atoms with Gasteiger partial charge in [0.15, 0.2) is 11.5 Å². The third-order valence-electron chi connectivity index (χ3n) is 6.67. The summed E-state index contributed by atoms with van der Waals surface area (Å²) in [5.41, 5.74) is 1.44. The molecule has 9 nitrogen and oxygen atoms in total. The van der Waals surface area contributed by atoms with Crippen LogP contribution in [0.15, 0.2) is 41.3 Å². The van der Waals surface area contributed by atoms with E-state index in [0.29, 0.717) is 85.8 Å². The highest BCUT2D eigenvalue weighted by molar-refractivity contribution is 5.79. The number of nitrogens with zero attached hydrogens (tertiary/aromatic N) is 3. The van der Waals surface area contributed by atoms with Gasteiger partial charge < -0.3 is 24.5 Å². The van der Waals surface area contributed by atoms with Crippen LogP contribution in [0.25, 0.3) is 10.9 Å². The van der Waals surface area contributed by atoms with Crippen LogP contribution in [0.4, 0.5) is 9.18 Å². The van der Waals surface area contributed by atoms with Crippen molar-refractivity contribution < 1.29 is 23.8 Å². The van der Waals surface area contributed by atoms with Gasteiger partial charge >= 0.3 is 6.09 Å². The fourth-order valence-corrected chi connectivity index (χ4v) is 4.76. The number of H-pyrrole nitrogens is 1. The van der Waals surface area contributed by atoms with E-state index in [4.69, 9.17) is 9.47 Å². The number of benzene rings is 1. The van der Waals surface area contributed by atoms with E-state index in [1.807, 2.05) is 0 Å². The quantitative estimate of drug-likeness (QED) is 0.556. The molecule has 1 amide bonds. The fraction of sp³-hybridized carbons (Fsp3) is 0.400. The van der Waals surface area contributed by atoms with E-state index in [9.17, 15) is 19.1 Å². The molecule has 2 aliphatic heterocycles. The van der Waals surface area contributed by atoms with Gasteiger partial charge in [0.05, 0.1) is 24.0 Å². The van der Waals surface area contributed by atoms with Gasteiger partial charge in [0.2, 0.25) is 0 Å². The molecule has 3 aromatic rings. The number of hydrogen-bond acceptors (Lipinski definition) is 6. The summed E-state index contributed by atoms with van der Waals surface area (Å²) in [5, 5.41) is 10.3. The molecule has 0 spiro atoms. The van der Waals surface area contributed by atoms with Crippen molar-refractivity contribution in [3.8, 4) is 11.5 Å². The Balaban J connectivity index is 1.19. The minimum absolute atomic E-state index is 0.128. The molecular weight excluding hydrogens is 455 g/mol. The first-order chi connectivity index (χ1) is 17.0. The maximum absolute atomic E-state index is 14.1. The molecule has 2 N–H and O–H groups in total. The largest absolute Gasteiger partial charge is 0.486 e. The average Bonchev–Trinajstić information content (AvgIpc) is 2.86. The van der Waals surface area contributed by atoms with Crippen molar-refractivity contribution in [2.24, 2.45) is 0 Å². The van der Waals surface area contributed by atoms with Gasteiger partial charge in [-0.15, -0.1) is 0 Å². The van der Waals surface area contributed by atoms with Crippen molar-refractivity contribution in [2.75, 3.05) is 32.8 Å². The zero-order valence-electron chi connectivity index (χ0n) is 19.2. The lowest BCUT2D eigenvalue weighted by molar-refractivity contribution is 0.0861. The second kappa shape index (κ2) is 9.91. The molecule has 1 fully saturated rings. The number of likely N-dealkylation sites (tertiary alicyclic amines) is 1. The number of aromatic nitrogens is 2. The van der Waals surface area contributed by atoms with Crippen LogP contribution in [0, 0.1) is 5.82 Å². The van der Waals surface area contributed by atoms with Gasteiger partial charge in [-0.05, 0) is 37.5 Å². The number of hydrogen-bond donors (Lipinski definition) is 2. The van der Waals surface area contributed by atoms with E-state index in [1.165, 1.54) is 11.0 Å². The van der Waals surface area contributed by atoms with E-state index in [1.54, 1.807) is 30.5 Å². The molecule has 4 heterocycles. The molecule has 10 heteroatoms. The molecule has 1 aromatic carbocycles. The Morgan fingerprint density at radius 1 is 1.20 bits per heavy atom. The number of fused-ring (bicyclic) bond motifs is 2. The number of nitrogens with one attached hydrogen (secondary N) is 1. The molecule has 1 saturated heterocycles. The van der Waals surface area contributed by atoms with Crippen molar-refractivity contribution in [3.63, 3.8) is 0 Å². The summed E-state index contributed by atoms with van der Waals surface area (Å²) in [6.07, 6.45) is 2.45.